The van der Waals surface area contributed by atoms with Crippen molar-refractivity contribution in [1.29, 1.82) is 0 Å². The Balaban J connectivity index is 1.82. The van der Waals surface area contributed by atoms with E-state index in [0.29, 0.717) is 18.4 Å². The highest BCUT2D eigenvalue weighted by Crippen LogP contribution is 2.26. The Morgan fingerprint density at radius 2 is 2.00 bits per heavy atom. The molecule has 4 N–H and O–H groups in total. The normalized spacial score (nSPS) is 27.2. The van der Waals surface area contributed by atoms with Crippen LogP contribution in [0, 0.1) is 11.8 Å². The summed E-state index contributed by atoms with van der Waals surface area (Å²) in [4.78, 5) is 23.9. The lowest BCUT2D eigenvalue weighted by atomic mass is 9.84. The van der Waals surface area contributed by atoms with Crippen LogP contribution in [0.1, 0.15) is 38.5 Å². The molecule has 1 saturated carbocycles. The van der Waals surface area contributed by atoms with Crippen LogP contribution < -0.4 is 11.1 Å². The minimum absolute atomic E-state index is 0.199. The van der Waals surface area contributed by atoms with Gasteiger partial charge in [0.25, 0.3) is 0 Å². The summed E-state index contributed by atoms with van der Waals surface area (Å²) in [7, 11) is 0. The van der Waals surface area contributed by atoms with E-state index >= 15 is 0 Å². The molecule has 0 aromatic carbocycles. The van der Waals surface area contributed by atoms with Crippen molar-refractivity contribution in [2.24, 2.45) is 17.6 Å². The van der Waals surface area contributed by atoms with Crippen molar-refractivity contribution < 1.29 is 14.7 Å². The molecule has 6 heteroatoms. The van der Waals surface area contributed by atoms with Gasteiger partial charge in [0.1, 0.15) is 0 Å². The van der Waals surface area contributed by atoms with E-state index < -0.39 is 5.97 Å². The van der Waals surface area contributed by atoms with Gasteiger partial charge in [-0.2, -0.15) is 0 Å². The first-order valence-corrected chi connectivity index (χ1v) is 7.98. The highest BCUT2D eigenvalue weighted by molar-refractivity contribution is 5.75. The Labute approximate surface area is 126 Å². The third kappa shape index (κ3) is 5.63. The summed E-state index contributed by atoms with van der Waals surface area (Å²) in [5, 5.41) is 12.4. The summed E-state index contributed by atoms with van der Waals surface area (Å²) in [5.74, 6) is 0.0645. The number of carbonyl (C=O) groups is 2. The summed E-state index contributed by atoms with van der Waals surface area (Å²) < 4.78 is 0. The predicted octanol–water partition coefficient (Wildman–Crippen LogP) is 0.417. The van der Waals surface area contributed by atoms with Gasteiger partial charge in [-0.25, -0.2) is 0 Å². The van der Waals surface area contributed by atoms with E-state index in [1.807, 2.05) is 0 Å². The Morgan fingerprint density at radius 3 is 2.57 bits per heavy atom. The molecule has 1 aliphatic carbocycles. The summed E-state index contributed by atoms with van der Waals surface area (Å²) >= 11 is 0. The number of amides is 1. The molecule has 0 aromatic rings. The number of hydrogen-bond donors (Lipinski definition) is 3. The van der Waals surface area contributed by atoms with E-state index in [1.165, 1.54) is 19.3 Å². The summed E-state index contributed by atoms with van der Waals surface area (Å²) in [6, 6.07) is 0.345. The number of carboxylic acids is 1. The van der Waals surface area contributed by atoms with Crippen molar-refractivity contribution in [1.82, 2.24) is 10.2 Å². The Hall–Kier alpha value is -1.14. The molecule has 2 atom stereocenters. The molecule has 2 unspecified atom stereocenters. The van der Waals surface area contributed by atoms with Crippen LogP contribution >= 0.6 is 0 Å². The van der Waals surface area contributed by atoms with E-state index in [2.05, 4.69) is 10.2 Å². The molecule has 0 aromatic heterocycles. The zero-order chi connectivity index (χ0) is 15.2. The Bertz CT molecular complexity index is 371. The maximum atomic E-state index is 11.1. The first-order chi connectivity index (χ1) is 10.0. The molecule has 0 bridgehead atoms. The van der Waals surface area contributed by atoms with Gasteiger partial charge in [-0.15, -0.1) is 0 Å². The summed E-state index contributed by atoms with van der Waals surface area (Å²) in [5.41, 5.74) is 5.29. The monoisotopic (exact) mass is 297 g/mol. The van der Waals surface area contributed by atoms with Crippen molar-refractivity contribution >= 4 is 11.9 Å². The molecule has 2 aliphatic rings. The van der Waals surface area contributed by atoms with Crippen molar-refractivity contribution in [3.05, 3.63) is 0 Å². The molecule has 120 valence electrons. The smallest absolute Gasteiger partial charge is 0.303 e. The number of hydrogen-bond acceptors (Lipinski definition) is 4. The van der Waals surface area contributed by atoms with E-state index in [0.717, 1.165) is 32.0 Å². The number of piperidine rings is 1. The minimum Gasteiger partial charge on any atom is -0.481 e. The number of carbonyl (C=O) groups excluding carboxylic acids is 1. The fraction of sp³-hybridized carbons (Fsp3) is 0.867. The lowest BCUT2D eigenvalue weighted by Gasteiger charge is -2.39. The van der Waals surface area contributed by atoms with E-state index in [9.17, 15) is 9.59 Å². The predicted molar refractivity (Wildman–Crippen MR) is 79.7 cm³/mol. The third-order valence-electron chi connectivity index (χ3n) is 4.68. The highest BCUT2D eigenvalue weighted by Gasteiger charge is 2.29. The zero-order valence-corrected chi connectivity index (χ0v) is 12.6. The number of carboxylic acid groups (broad SMARTS) is 1. The van der Waals surface area contributed by atoms with Gasteiger partial charge in [-0.3, -0.25) is 14.5 Å². The highest BCUT2D eigenvalue weighted by atomic mass is 16.4. The average molecular weight is 297 g/mol. The van der Waals surface area contributed by atoms with Crippen LogP contribution in [-0.2, 0) is 9.59 Å². The average Bonchev–Trinajstić information content (AvgIpc) is 2.33. The molecule has 1 amide bonds. The number of likely N-dealkylation sites (tertiary alicyclic amines) is 1. The van der Waals surface area contributed by atoms with Gasteiger partial charge in [0.15, 0.2) is 0 Å². The molecule has 0 radical (unpaired) electrons. The number of primary amides is 1. The molecule has 1 heterocycles. The quantitative estimate of drug-likeness (QED) is 0.603. The molecular formula is C15H27N3O3. The standard InChI is InChI=1S/C15H27N3O3/c16-14(19)10-18-8-12(4-5-15(20)21)6-13(9-18)17-7-11-2-1-3-11/h11-13,17H,1-10H2,(H2,16,19)(H,20,21). The van der Waals surface area contributed by atoms with E-state index in [1.54, 1.807) is 0 Å². The summed E-state index contributed by atoms with van der Waals surface area (Å²) in [6.07, 6.45) is 5.83. The van der Waals surface area contributed by atoms with E-state index in [4.69, 9.17) is 10.8 Å². The van der Waals surface area contributed by atoms with Gasteiger partial charge in [-0.05, 0) is 44.1 Å². The van der Waals surface area contributed by atoms with Gasteiger partial charge in [0, 0.05) is 25.6 Å². The topological polar surface area (TPSA) is 95.7 Å². The first-order valence-electron chi connectivity index (χ1n) is 7.98. The Kier molecular flexibility index (Phi) is 5.99. The molecule has 21 heavy (non-hydrogen) atoms. The van der Waals surface area contributed by atoms with Crippen molar-refractivity contribution in [2.45, 2.75) is 44.6 Å². The fourth-order valence-electron chi connectivity index (χ4n) is 3.37. The first kappa shape index (κ1) is 16.2. The van der Waals surface area contributed by atoms with Gasteiger partial charge in [-0.1, -0.05) is 6.42 Å². The van der Waals surface area contributed by atoms with Crippen LogP contribution in [0.5, 0.6) is 0 Å². The molecular weight excluding hydrogens is 270 g/mol. The largest absolute Gasteiger partial charge is 0.481 e. The maximum Gasteiger partial charge on any atom is 0.303 e. The molecule has 1 saturated heterocycles. The summed E-state index contributed by atoms with van der Waals surface area (Å²) in [6.45, 7) is 2.92. The Morgan fingerprint density at radius 1 is 1.24 bits per heavy atom. The van der Waals surface area contributed by atoms with Gasteiger partial charge < -0.3 is 16.2 Å². The molecule has 1 aliphatic heterocycles. The van der Waals surface area contributed by atoms with Crippen molar-refractivity contribution in [3.63, 3.8) is 0 Å². The number of nitrogens with zero attached hydrogens (tertiary/aromatic N) is 1. The third-order valence-corrected chi connectivity index (χ3v) is 4.68. The van der Waals surface area contributed by atoms with Crippen LogP contribution in [-0.4, -0.2) is 54.1 Å². The molecule has 0 spiro atoms. The van der Waals surface area contributed by atoms with Crippen molar-refractivity contribution in [2.75, 3.05) is 26.2 Å². The molecule has 6 nitrogen and oxygen atoms in total. The van der Waals surface area contributed by atoms with Crippen LogP contribution in [0.3, 0.4) is 0 Å². The van der Waals surface area contributed by atoms with Gasteiger partial charge in [0.05, 0.1) is 6.54 Å². The van der Waals surface area contributed by atoms with Crippen LogP contribution in [0.4, 0.5) is 0 Å². The van der Waals surface area contributed by atoms with Gasteiger partial charge in [0.2, 0.25) is 5.91 Å². The molecule has 2 rings (SSSR count). The second kappa shape index (κ2) is 7.75. The number of rotatable bonds is 8. The van der Waals surface area contributed by atoms with Crippen LogP contribution in [0.25, 0.3) is 0 Å². The van der Waals surface area contributed by atoms with Crippen LogP contribution in [0.2, 0.25) is 0 Å². The lowest BCUT2D eigenvalue weighted by molar-refractivity contribution is -0.137. The minimum atomic E-state index is -0.749. The second-order valence-electron chi connectivity index (χ2n) is 6.60. The van der Waals surface area contributed by atoms with Gasteiger partial charge >= 0.3 is 5.97 Å². The lowest BCUT2D eigenvalue weighted by Crippen LogP contribution is -2.52. The van der Waals surface area contributed by atoms with E-state index in [-0.39, 0.29) is 18.9 Å². The number of nitrogens with one attached hydrogen (secondary N) is 1. The number of aliphatic carboxylic acids is 1. The van der Waals surface area contributed by atoms with Crippen molar-refractivity contribution in [3.8, 4) is 0 Å². The molecule has 2 fully saturated rings. The maximum absolute atomic E-state index is 11.1. The number of nitrogens with two attached hydrogens (primary N) is 1. The second-order valence-corrected chi connectivity index (χ2v) is 6.60. The SMILES string of the molecule is NC(=O)CN1CC(CCC(=O)O)CC(NCC2CCC2)C1. The fourth-order valence-corrected chi connectivity index (χ4v) is 3.37. The van der Waals surface area contributed by atoms with Crippen LogP contribution in [0.15, 0.2) is 0 Å². The zero-order valence-electron chi connectivity index (χ0n) is 12.6.